The molecule has 1 aromatic rings. The first-order valence-corrected chi connectivity index (χ1v) is 11.1. The zero-order chi connectivity index (χ0) is 20.2. The molecule has 0 bridgehead atoms. The monoisotopic (exact) mass is 556 g/mol. The summed E-state index contributed by atoms with van der Waals surface area (Å²) in [6, 6.07) is 6.18. The van der Waals surface area contributed by atoms with E-state index in [0.717, 1.165) is 88.0 Å². The van der Waals surface area contributed by atoms with E-state index in [1.165, 1.54) is 0 Å². The number of benzene rings is 1. The molecule has 1 saturated heterocycles. The molecule has 0 saturated carbocycles. The van der Waals surface area contributed by atoms with E-state index in [9.17, 15) is 0 Å². The van der Waals surface area contributed by atoms with E-state index in [-0.39, 0.29) is 24.0 Å². The zero-order valence-electron chi connectivity index (χ0n) is 17.6. The van der Waals surface area contributed by atoms with Gasteiger partial charge in [-0.05, 0) is 56.7 Å². The van der Waals surface area contributed by atoms with E-state index in [4.69, 9.17) is 32.9 Å². The molecule has 1 aliphatic heterocycles. The summed E-state index contributed by atoms with van der Waals surface area (Å²) in [5.41, 5.74) is 1.13. The highest BCUT2D eigenvalue weighted by atomic mass is 127. The number of guanidine groups is 1. The quantitative estimate of drug-likeness (QED) is 0.191. The summed E-state index contributed by atoms with van der Waals surface area (Å²) < 4.78 is 5.14. The fraction of sp³-hybridized carbons (Fsp3) is 0.667. The molecule has 0 amide bonds. The van der Waals surface area contributed by atoms with Gasteiger partial charge in [0.2, 0.25) is 0 Å². The number of nitrogens with one attached hydrogen (secondary N) is 2. The molecule has 0 unspecified atom stereocenters. The molecule has 0 spiro atoms. The summed E-state index contributed by atoms with van der Waals surface area (Å²) in [7, 11) is 1.77. The average Bonchev–Trinajstić information content (AvgIpc) is 2.68. The van der Waals surface area contributed by atoms with Gasteiger partial charge < -0.3 is 20.3 Å². The Morgan fingerprint density at radius 1 is 1.24 bits per heavy atom. The third-order valence-corrected chi connectivity index (χ3v) is 5.57. The van der Waals surface area contributed by atoms with E-state index in [1.807, 2.05) is 12.1 Å². The third-order valence-electron chi connectivity index (χ3n) is 4.98. The molecule has 29 heavy (non-hydrogen) atoms. The Kier molecular flexibility index (Phi) is 14.3. The predicted molar refractivity (Wildman–Crippen MR) is 135 cm³/mol. The molecular formula is C21H35Cl2IN4O. The van der Waals surface area contributed by atoms with Crippen molar-refractivity contribution in [1.29, 1.82) is 0 Å². The molecule has 0 aliphatic carbocycles. The number of methoxy groups -OCH3 is 1. The molecule has 5 nitrogen and oxygen atoms in total. The van der Waals surface area contributed by atoms with Crippen LogP contribution in [-0.2, 0) is 11.2 Å². The predicted octanol–water partition coefficient (Wildman–Crippen LogP) is 4.60. The fourth-order valence-corrected chi connectivity index (χ4v) is 3.93. The van der Waals surface area contributed by atoms with E-state index in [0.29, 0.717) is 11.1 Å². The smallest absolute Gasteiger partial charge is 0.191 e. The van der Waals surface area contributed by atoms with E-state index in [2.05, 4.69) is 22.5 Å². The van der Waals surface area contributed by atoms with Crippen molar-refractivity contribution in [2.75, 3.05) is 46.4 Å². The van der Waals surface area contributed by atoms with Crippen LogP contribution in [-0.4, -0.2) is 63.3 Å². The van der Waals surface area contributed by atoms with E-state index in [1.54, 1.807) is 13.2 Å². The van der Waals surface area contributed by atoms with Crippen LogP contribution >= 0.6 is 47.2 Å². The molecule has 1 aromatic carbocycles. The number of hydrogen-bond donors (Lipinski definition) is 2. The van der Waals surface area contributed by atoms with E-state index < -0.39 is 0 Å². The standard InChI is InChI=1S/C21H34Cl2N4O.HI/c1-3-24-21(25-11-4-6-17-7-8-18(22)16-20(17)23)26-19-9-13-27(14-10-19)12-5-15-28-2;/h7-8,16,19H,3-6,9-15H2,1-2H3,(H2,24,25,26);1H. The Balaban J connectivity index is 0.00000420. The molecule has 0 atom stereocenters. The first-order valence-electron chi connectivity index (χ1n) is 10.3. The second kappa shape index (κ2) is 15.5. The fourth-order valence-electron chi connectivity index (χ4n) is 3.43. The third kappa shape index (κ3) is 10.5. The Morgan fingerprint density at radius 3 is 2.66 bits per heavy atom. The molecule has 0 radical (unpaired) electrons. The lowest BCUT2D eigenvalue weighted by Crippen LogP contribution is -2.48. The normalized spacial score (nSPS) is 15.8. The van der Waals surface area contributed by atoms with Crippen LogP contribution in [0.3, 0.4) is 0 Å². The van der Waals surface area contributed by atoms with Gasteiger partial charge >= 0.3 is 0 Å². The van der Waals surface area contributed by atoms with Gasteiger partial charge in [-0.3, -0.25) is 4.99 Å². The molecule has 1 aliphatic rings. The van der Waals surface area contributed by atoms with Crippen LogP contribution < -0.4 is 10.6 Å². The van der Waals surface area contributed by atoms with Gasteiger partial charge in [0.25, 0.3) is 0 Å². The van der Waals surface area contributed by atoms with Gasteiger partial charge in [-0.2, -0.15) is 0 Å². The highest BCUT2D eigenvalue weighted by Gasteiger charge is 2.19. The van der Waals surface area contributed by atoms with Gasteiger partial charge in [0.1, 0.15) is 0 Å². The van der Waals surface area contributed by atoms with Gasteiger partial charge in [0.15, 0.2) is 5.96 Å². The van der Waals surface area contributed by atoms with E-state index >= 15 is 0 Å². The largest absolute Gasteiger partial charge is 0.385 e. The second-order valence-electron chi connectivity index (χ2n) is 7.21. The van der Waals surface area contributed by atoms with Crippen molar-refractivity contribution in [3.05, 3.63) is 33.8 Å². The number of aryl methyl sites for hydroxylation is 1. The lowest BCUT2D eigenvalue weighted by Gasteiger charge is -2.33. The van der Waals surface area contributed by atoms with Gasteiger partial charge in [-0.15, -0.1) is 24.0 Å². The number of nitrogens with zero attached hydrogens (tertiary/aromatic N) is 2. The van der Waals surface area contributed by atoms with Gasteiger partial charge in [0.05, 0.1) is 0 Å². The molecular weight excluding hydrogens is 522 g/mol. The zero-order valence-corrected chi connectivity index (χ0v) is 21.4. The number of ether oxygens (including phenoxy) is 1. The first kappa shape index (κ1) is 26.8. The molecule has 2 rings (SSSR count). The summed E-state index contributed by atoms with van der Waals surface area (Å²) in [6.45, 7) is 7.97. The molecule has 0 aromatic heterocycles. The molecule has 1 fully saturated rings. The molecule has 8 heteroatoms. The van der Waals surface area contributed by atoms with Crippen molar-refractivity contribution in [2.24, 2.45) is 4.99 Å². The Hall–Kier alpha value is -0.280. The van der Waals surface area contributed by atoms with Crippen LogP contribution in [0.5, 0.6) is 0 Å². The average molecular weight is 557 g/mol. The minimum absolute atomic E-state index is 0. The molecule has 166 valence electrons. The Labute approximate surface area is 203 Å². The highest BCUT2D eigenvalue weighted by Crippen LogP contribution is 2.22. The van der Waals surface area contributed by atoms with Crippen molar-refractivity contribution in [3.8, 4) is 0 Å². The van der Waals surface area contributed by atoms with Gasteiger partial charge in [-0.1, -0.05) is 29.3 Å². The maximum atomic E-state index is 6.25. The maximum Gasteiger partial charge on any atom is 0.191 e. The lowest BCUT2D eigenvalue weighted by atomic mass is 10.1. The first-order chi connectivity index (χ1) is 13.6. The minimum atomic E-state index is 0. The van der Waals surface area contributed by atoms with Crippen LogP contribution in [0.1, 0.15) is 38.2 Å². The number of aliphatic imine (C=N–C) groups is 1. The van der Waals surface area contributed by atoms with Crippen molar-refractivity contribution >= 4 is 53.1 Å². The van der Waals surface area contributed by atoms with Crippen LogP contribution in [0.15, 0.2) is 23.2 Å². The minimum Gasteiger partial charge on any atom is -0.385 e. The van der Waals surface area contributed by atoms with Crippen molar-refractivity contribution in [3.63, 3.8) is 0 Å². The Morgan fingerprint density at radius 2 is 2.00 bits per heavy atom. The van der Waals surface area contributed by atoms with Crippen LogP contribution in [0.4, 0.5) is 0 Å². The van der Waals surface area contributed by atoms with Crippen molar-refractivity contribution in [2.45, 2.75) is 45.1 Å². The van der Waals surface area contributed by atoms with Gasteiger partial charge in [0, 0.05) is 62.5 Å². The summed E-state index contributed by atoms with van der Waals surface area (Å²) in [4.78, 5) is 7.27. The summed E-state index contributed by atoms with van der Waals surface area (Å²) in [6.07, 6.45) is 5.26. The molecule has 1 heterocycles. The van der Waals surface area contributed by atoms with Crippen LogP contribution in [0, 0.1) is 0 Å². The summed E-state index contributed by atoms with van der Waals surface area (Å²) in [5, 5.41) is 8.38. The van der Waals surface area contributed by atoms with Crippen molar-refractivity contribution in [1.82, 2.24) is 15.5 Å². The number of halogens is 3. The SMILES string of the molecule is CCNC(=NCCCc1ccc(Cl)cc1Cl)NC1CCN(CCCOC)CC1.I. The highest BCUT2D eigenvalue weighted by molar-refractivity contribution is 14.0. The van der Waals surface area contributed by atoms with Crippen molar-refractivity contribution < 1.29 is 4.74 Å². The molecule has 2 N–H and O–H groups in total. The maximum absolute atomic E-state index is 6.25. The van der Waals surface area contributed by atoms with Crippen LogP contribution in [0.2, 0.25) is 10.0 Å². The Bertz CT molecular complexity index is 610. The number of piperidine rings is 1. The topological polar surface area (TPSA) is 48.9 Å². The summed E-state index contributed by atoms with van der Waals surface area (Å²) >= 11 is 12.2. The second-order valence-corrected chi connectivity index (χ2v) is 8.05. The number of rotatable bonds is 10. The van der Waals surface area contributed by atoms with Gasteiger partial charge in [-0.25, -0.2) is 0 Å². The van der Waals surface area contributed by atoms with Crippen LogP contribution in [0.25, 0.3) is 0 Å². The number of likely N-dealkylation sites (tertiary alicyclic amines) is 1. The lowest BCUT2D eigenvalue weighted by molar-refractivity contribution is 0.155. The summed E-state index contributed by atoms with van der Waals surface area (Å²) in [5.74, 6) is 0.919. The number of hydrogen-bond acceptors (Lipinski definition) is 3.